The summed E-state index contributed by atoms with van der Waals surface area (Å²) >= 11 is 3.51. The van der Waals surface area contributed by atoms with Gasteiger partial charge in [0.15, 0.2) is 11.4 Å². The number of anilines is 2. The third-order valence-electron chi connectivity index (χ3n) is 5.43. The zero-order valence-corrected chi connectivity index (χ0v) is 18.2. The number of fused-ring (bicyclic) bond motifs is 3. The summed E-state index contributed by atoms with van der Waals surface area (Å²) in [4.78, 5) is 24.5. The van der Waals surface area contributed by atoms with Crippen LogP contribution in [0.1, 0.15) is 35.4 Å². The van der Waals surface area contributed by atoms with E-state index in [1.807, 2.05) is 49.4 Å². The van der Waals surface area contributed by atoms with Gasteiger partial charge in [-0.1, -0.05) is 18.2 Å². The molecule has 6 nitrogen and oxygen atoms in total. The predicted molar refractivity (Wildman–Crippen MR) is 122 cm³/mol. The van der Waals surface area contributed by atoms with Crippen LogP contribution in [0.5, 0.6) is 0 Å². The molecule has 0 aliphatic carbocycles. The van der Waals surface area contributed by atoms with E-state index < -0.39 is 0 Å². The lowest BCUT2D eigenvalue weighted by molar-refractivity contribution is 0.101. The minimum absolute atomic E-state index is 0.141. The summed E-state index contributed by atoms with van der Waals surface area (Å²) in [6.45, 7) is 3.80. The number of para-hydroxylation sites is 1. The highest BCUT2D eigenvalue weighted by Crippen LogP contribution is 2.34. The molecule has 0 atom stereocenters. The molecule has 7 heteroatoms. The SMILES string of the molecule is Cc1ccc(NC(=O)c2nc(N3CCCCC3)c3oc4ccccc4c3n2)c(Br)c1. The van der Waals surface area contributed by atoms with E-state index in [-0.39, 0.29) is 11.7 Å². The number of aryl methyl sites for hydroxylation is 1. The summed E-state index contributed by atoms with van der Waals surface area (Å²) in [5.74, 6) is 0.496. The number of amides is 1. The average Bonchev–Trinajstić information content (AvgIpc) is 3.14. The van der Waals surface area contributed by atoms with Gasteiger partial charge in [-0.3, -0.25) is 4.79 Å². The topological polar surface area (TPSA) is 71.3 Å². The summed E-state index contributed by atoms with van der Waals surface area (Å²) in [5, 5.41) is 3.82. The number of carbonyl (C=O) groups excluding carboxylic acids is 1. The van der Waals surface area contributed by atoms with Crippen LogP contribution in [-0.4, -0.2) is 29.0 Å². The Balaban J connectivity index is 1.62. The van der Waals surface area contributed by atoms with E-state index in [1.165, 1.54) is 6.42 Å². The normalized spacial score (nSPS) is 14.4. The van der Waals surface area contributed by atoms with Crippen molar-refractivity contribution < 1.29 is 9.21 Å². The molecule has 1 N–H and O–H groups in total. The van der Waals surface area contributed by atoms with Crippen molar-refractivity contribution in [1.29, 1.82) is 0 Å². The monoisotopic (exact) mass is 464 g/mol. The van der Waals surface area contributed by atoms with Gasteiger partial charge in [0.25, 0.3) is 5.91 Å². The molecular weight excluding hydrogens is 444 g/mol. The van der Waals surface area contributed by atoms with Gasteiger partial charge in [-0.15, -0.1) is 0 Å². The Labute approximate surface area is 182 Å². The zero-order chi connectivity index (χ0) is 20.7. The second kappa shape index (κ2) is 7.72. The Morgan fingerprint density at radius 1 is 1.10 bits per heavy atom. The molecule has 4 aromatic rings. The molecule has 1 aliphatic heterocycles. The third kappa shape index (κ3) is 3.43. The van der Waals surface area contributed by atoms with Gasteiger partial charge in [0.05, 0.1) is 5.69 Å². The maximum absolute atomic E-state index is 13.1. The van der Waals surface area contributed by atoms with E-state index in [0.717, 1.165) is 46.9 Å². The minimum atomic E-state index is -0.343. The summed E-state index contributed by atoms with van der Waals surface area (Å²) in [5.41, 5.74) is 3.86. The Hall–Kier alpha value is -2.93. The lowest BCUT2D eigenvalue weighted by atomic mass is 10.1. The van der Waals surface area contributed by atoms with Gasteiger partial charge in [0.2, 0.25) is 5.82 Å². The first-order chi connectivity index (χ1) is 14.6. The molecule has 1 saturated heterocycles. The Kier molecular flexibility index (Phi) is 4.90. The van der Waals surface area contributed by atoms with Gasteiger partial charge in [0.1, 0.15) is 11.1 Å². The first-order valence-electron chi connectivity index (χ1n) is 10.1. The number of nitrogens with zero attached hydrogens (tertiary/aromatic N) is 3. The molecule has 1 fully saturated rings. The Morgan fingerprint density at radius 3 is 2.70 bits per heavy atom. The van der Waals surface area contributed by atoms with E-state index in [1.54, 1.807) is 0 Å². The molecule has 1 amide bonds. The molecular formula is C23H21BrN4O2. The van der Waals surface area contributed by atoms with Crippen LogP contribution >= 0.6 is 15.9 Å². The van der Waals surface area contributed by atoms with Crippen molar-refractivity contribution in [2.45, 2.75) is 26.2 Å². The standard InChI is InChI=1S/C23H21BrN4O2/c1-14-9-10-17(16(24)13-14)25-23(29)21-26-19-15-7-3-4-8-18(15)30-20(19)22(27-21)28-11-5-2-6-12-28/h3-4,7-10,13H,2,5-6,11-12H2,1H3,(H,25,29). The van der Waals surface area contributed by atoms with Crippen molar-refractivity contribution in [2.24, 2.45) is 0 Å². The van der Waals surface area contributed by atoms with Crippen molar-refractivity contribution in [2.75, 3.05) is 23.3 Å². The van der Waals surface area contributed by atoms with Crippen LogP contribution in [0.25, 0.3) is 22.1 Å². The Bertz CT molecular complexity index is 1260. The van der Waals surface area contributed by atoms with E-state index in [2.05, 4.69) is 36.1 Å². The molecule has 0 bridgehead atoms. The van der Waals surface area contributed by atoms with Gasteiger partial charge in [0, 0.05) is 22.9 Å². The van der Waals surface area contributed by atoms with Crippen molar-refractivity contribution in [3.8, 4) is 0 Å². The smallest absolute Gasteiger partial charge is 0.293 e. The summed E-state index contributed by atoms with van der Waals surface area (Å²) < 4.78 is 6.94. The number of hydrogen-bond donors (Lipinski definition) is 1. The lowest BCUT2D eigenvalue weighted by Crippen LogP contribution is -2.31. The zero-order valence-electron chi connectivity index (χ0n) is 16.6. The second-order valence-electron chi connectivity index (χ2n) is 7.63. The van der Waals surface area contributed by atoms with Crippen LogP contribution in [0, 0.1) is 6.92 Å². The largest absolute Gasteiger partial charge is 0.450 e. The second-order valence-corrected chi connectivity index (χ2v) is 8.49. The third-order valence-corrected chi connectivity index (χ3v) is 6.09. The molecule has 1 aliphatic rings. The fraction of sp³-hybridized carbons (Fsp3) is 0.261. The summed E-state index contributed by atoms with van der Waals surface area (Å²) in [6, 6.07) is 13.5. The van der Waals surface area contributed by atoms with Gasteiger partial charge in [-0.25, -0.2) is 9.97 Å². The Morgan fingerprint density at radius 2 is 1.90 bits per heavy atom. The number of furan rings is 1. The molecule has 5 rings (SSSR count). The first-order valence-corrected chi connectivity index (χ1v) is 10.9. The number of hydrogen-bond acceptors (Lipinski definition) is 5. The van der Waals surface area contributed by atoms with Crippen molar-refractivity contribution in [3.05, 3.63) is 58.3 Å². The van der Waals surface area contributed by atoms with Crippen LogP contribution in [0.2, 0.25) is 0 Å². The number of aromatic nitrogens is 2. The average molecular weight is 465 g/mol. The van der Waals surface area contributed by atoms with Crippen molar-refractivity contribution in [1.82, 2.24) is 9.97 Å². The molecule has 2 aromatic heterocycles. The molecule has 30 heavy (non-hydrogen) atoms. The van der Waals surface area contributed by atoms with E-state index in [4.69, 9.17) is 4.42 Å². The molecule has 2 aromatic carbocycles. The molecule has 152 valence electrons. The number of rotatable bonds is 3. The molecule has 3 heterocycles. The quantitative estimate of drug-likeness (QED) is 0.421. The molecule has 0 radical (unpaired) electrons. The number of piperidine rings is 1. The van der Waals surface area contributed by atoms with E-state index >= 15 is 0 Å². The predicted octanol–water partition coefficient (Wildman–Crippen LogP) is 5.69. The maximum Gasteiger partial charge on any atom is 0.293 e. The fourth-order valence-electron chi connectivity index (χ4n) is 3.90. The van der Waals surface area contributed by atoms with Crippen LogP contribution in [0.3, 0.4) is 0 Å². The van der Waals surface area contributed by atoms with Crippen LogP contribution in [-0.2, 0) is 0 Å². The molecule has 0 saturated carbocycles. The van der Waals surface area contributed by atoms with Crippen molar-refractivity contribution >= 4 is 55.4 Å². The summed E-state index contributed by atoms with van der Waals surface area (Å²) in [6.07, 6.45) is 3.41. The number of carbonyl (C=O) groups is 1. The maximum atomic E-state index is 13.1. The van der Waals surface area contributed by atoms with Gasteiger partial charge in [-0.05, 0) is 71.9 Å². The molecule has 0 unspecified atom stereocenters. The van der Waals surface area contributed by atoms with Crippen LogP contribution in [0.15, 0.2) is 51.4 Å². The number of nitrogens with one attached hydrogen (secondary N) is 1. The fourth-order valence-corrected chi connectivity index (χ4v) is 4.49. The lowest BCUT2D eigenvalue weighted by Gasteiger charge is -2.27. The van der Waals surface area contributed by atoms with Crippen LogP contribution in [0.4, 0.5) is 11.5 Å². The van der Waals surface area contributed by atoms with Crippen LogP contribution < -0.4 is 10.2 Å². The van der Waals surface area contributed by atoms with E-state index in [9.17, 15) is 4.79 Å². The minimum Gasteiger partial charge on any atom is -0.450 e. The summed E-state index contributed by atoms with van der Waals surface area (Å²) in [7, 11) is 0. The number of halogens is 1. The highest BCUT2D eigenvalue weighted by Gasteiger charge is 2.24. The van der Waals surface area contributed by atoms with Crippen molar-refractivity contribution in [3.63, 3.8) is 0 Å². The van der Waals surface area contributed by atoms with E-state index in [0.29, 0.717) is 22.6 Å². The highest BCUT2D eigenvalue weighted by atomic mass is 79.9. The van der Waals surface area contributed by atoms with Gasteiger partial charge >= 0.3 is 0 Å². The first kappa shape index (κ1) is 19.1. The highest BCUT2D eigenvalue weighted by molar-refractivity contribution is 9.10. The van der Waals surface area contributed by atoms with Gasteiger partial charge < -0.3 is 14.6 Å². The molecule has 0 spiro atoms. The number of benzene rings is 2. The van der Waals surface area contributed by atoms with Gasteiger partial charge in [-0.2, -0.15) is 0 Å².